The number of amides is 1. The Morgan fingerprint density at radius 2 is 2.08 bits per heavy atom. The van der Waals surface area contributed by atoms with Gasteiger partial charge in [-0.25, -0.2) is 0 Å². The molecule has 72 valence electrons. The van der Waals surface area contributed by atoms with Crippen LogP contribution in [0.3, 0.4) is 0 Å². The van der Waals surface area contributed by atoms with E-state index in [4.69, 9.17) is 0 Å². The van der Waals surface area contributed by atoms with Gasteiger partial charge in [-0.15, -0.1) is 0 Å². The van der Waals surface area contributed by atoms with Gasteiger partial charge in [0.05, 0.1) is 0 Å². The highest BCUT2D eigenvalue weighted by atomic mass is 79.9. The Kier molecular flexibility index (Phi) is 2.41. The molecule has 1 aliphatic heterocycles. The second kappa shape index (κ2) is 3.40. The topological polar surface area (TPSA) is 37.4 Å². The van der Waals surface area contributed by atoms with E-state index in [1.54, 1.807) is 0 Å². The zero-order chi connectivity index (χ0) is 9.42. The van der Waals surface area contributed by atoms with Gasteiger partial charge in [0, 0.05) is 19.5 Å². The quantitative estimate of drug-likeness (QED) is 0.537. The van der Waals surface area contributed by atoms with Gasteiger partial charge in [0.25, 0.3) is 0 Å². The van der Waals surface area contributed by atoms with Crippen LogP contribution in [-0.2, 0) is 9.59 Å². The highest BCUT2D eigenvalue weighted by Crippen LogP contribution is 2.31. The minimum atomic E-state index is -0.569. The standard InChI is InChI=1S/C9H12BrNO2/c10-8-7(12)3-4-11(9(8)13)5-6-1-2-6/h6,8H,1-5H2/t8-/m0/s1. The van der Waals surface area contributed by atoms with E-state index in [-0.39, 0.29) is 11.7 Å². The van der Waals surface area contributed by atoms with Crippen molar-refractivity contribution in [3.63, 3.8) is 0 Å². The molecule has 2 aliphatic rings. The van der Waals surface area contributed by atoms with E-state index in [2.05, 4.69) is 15.9 Å². The second-order valence-electron chi connectivity index (χ2n) is 3.81. The molecule has 0 unspecified atom stereocenters. The predicted octanol–water partition coefficient (Wildman–Crippen LogP) is 0.961. The normalized spacial score (nSPS) is 29.6. The Morgan fingerprint density at radius 3 is 2.69 bits per heavy atom. The van der Waals surface area contributed by atoms with Crippen molar-refractivity contribution in [2.24, 2.45) is 5.92 Å². The summed E-state index contributed by atoms with van der Waals surface area (Å²) in [5.74, 6) is 0.692. The van der Waals surface area contributed by atoms with Crippen LogP contribution in [0.1, 0.15) is 19.3 Å². The third-order valence-electron chi connectivity index (χ3n) is 2.61. The molecule has 1 atom stereocenters. The zero-order valence-corrected chi connectivity index (χ0v) is 8.92. The number of Topliss-reactive ketones (excluding diaryl/α,β-unsaturated/α-hetero) is 1. The summed E-state index contributed by atoms with van der Waals surface area (Å²) >= 11 is 3.13. The van der Waals surface area contributed by atoms with Crippen LogP contribution in [-0.4, -0.2) is 34.5 Å². The molecule has 1 amide bonds. The first-order valence-corrected chi connectivity index (χ1v) is 5.55. The van der Waals surface area contributed by atoms with Gasteiger partial charge in [-0.2, -0.15) is 0 Å². The number of ketones is 1. The minimum Gasteiger partial charge on any atom is -0.341 e. The number of hydrogen-bond acceptors (Lipinski definition) is 2. The van der Waals surface area contributed by atoms with Crippen LogP contribution in [0, 0.1) is 5.92 Å². The van der Waals surface area contributed by atoms with Crippen molar-refractivity contribution in [3.8, 4) is 0 Å². The number of halogens is 1. The molecule has 0 spiro atoms. The largest absolute Gasteiger partial charge is 0.341 e. The predicted molar refractivity (Wildman–Crippen MR) is 51.6 cm³/mol. The third kappa shape index (κ3) is 1.93. The molecule has 13 heavy (non-hydrogen) atoms. The fraction of sp³-hybridized carbons (Fsp3) is 0.778. The number of carbonyl (C=O) groups is 2. The lowest BCUT2D eigenvalue weighted by Gasteiger charge is -2.28. The lowest BCUT2D eigenvalue weighted by Crippen LogP contribution is -2.47. The van der Waals surface area contributed by atoms with E-state index in [1.807, 2.05) is 4.90 Å². The summed E-state index contributed by atoms with van der Waals surface area (Å²) < 4.78 is 0. The van der Waals surface area contributed by atoms with Crippen molar-refractivity contribution in [3.05, 3.63) is 0 Å². The maximum Gasteiger partial charge on any atom is 0.243 e. The van der Waals surface area contributed by atoms with Crippen LogP contribution in [0.25, 0.3) is 0 Å². The molecule has 1 heterocycles. The molecule has 1 saturated carbocycles. The number of alkyl halides is 1. The number of carbonyl (C=O) groups excluding carboxylic acids is 2. The van der Waals surface area contributed by atoms with E-state index in [9.17, 15) is 9.59 Å². The summed E-state index contributed by atoms with van der Waals surface area (Å²) in [5, 5.41) is 0. The molecule has 1 saturated heterocycles. The fourth-order valence-electron chi connectivity index (χ4n) is 1.57. The van der Waals surface area contributed by atoms with E-state index in [0.29, 0.717) is 18.9 Å². The first kappa shape index (κ1) is 9.19. The Morgan fingerprint density at radius 1 is 1.38 bits per heavy atom. The van der Waals surface area contributed by atoms with E-state index < -0.39 is 4.83 Å². The van der Waals surface area contributed by atoms with E-state index in [1.165, 1.54) is 12.8 Å². The number of hydrogen-bond donors (Lipinski definition) is 0. The number of nitrogens with zero attached hydrogens (tertiary/aromatic N) is 1. The smallest absolute Gasteiger partial charge is 0.243 e. The molecular formula is C9H12BrNO2. The lowest BCUT2D eigenvalue weighted by molar-refractivity contribution is -0.138. The molecule has 0 aromatic carbocycles. The highest BCUT2D eigenvalue weighted by Gasteiger charge is 2.35. The van der Waals surface area contributed by atoms with Crippen LogP contribution >= 0.6 is 15.9 Å². The van der Waals surface area contributed by atoms with Gasteiger partial charge in [-0.3, -0.25) is 9.59 Å². The van der Waals surface area contributed by atoms with Crippen LogP contribution in [0.2, 0.25) is 0 Å². The Bertz CT molecular complexity index is 250. The van der Waals surface area contributed by atoms with Gasteiger partial charge in [-0.1, -0.05) is 15.9 Å². The highest BCUT2D eigenvalue weighted by molar-refractivity contribution is 9.10. The maximum absolute atomic E-state index is 11.6. The number of likely N-dealkylation sites (tertiary alicyclic amines) is 1. The molecular weight excluding hydrogens is 234 g/mol. The summed E-state index contributed by atoms with van der Waals surface area (Å²) in [4.78, 5) is 24.0. The fourth-order valence-corrected chi connectivity index (χ4v) is 2.09. The molecule has 3 nitrogen and oxygen atoms in total. The van der Waals surface area contributed by atoms with Gasteiger partial charge < -0.3 is 4.90 Å². The molecule has 1 aliphatic carbocycles. The number of rotatable bonds is 2. The molecule has 4 heteroatoms. The summed E-state index contributed by atoms with van der Waals surface area (Å²) in [6, 6.07) is 0. The average molecular weight is 246 g/mol. The molecule has 0 aromatic rings. The lowest BCUT2D eigenvalue weighted by atomic mass is 10.1. The molecule has 0 radical (unpaired) electrons. The van der Waals surface area contributed by atoms with Crippen LogP contribution in [0.15, 0.2) is 0 Å². The van der Waals surface area contributed by atoms with E-state index in [0.717, 1.165) is 6.54 Å². The van der Waals surface area contributed by atoms with Gasteiger partial charge >= 0.3 is 0 Å². The van der Waals surface area contributed by atoms with Crippen molar-refractivity contribution in [2.75, 3.05) is 13.1 Å². The number of piperidine rings is 1. The third-order valence-corrected chi connectivity index (χ3v) is 3.52. The summed E-state index contributed by atoms with van der Waals surface area (Å²) in [5.41, 5.74) is 0. The monoisotopic (exact) mass is 245 g/mol. The van der Waals surface area contributed by atoms with Crippen molar-refractivity contribution in [1.82, 2.24) is 4.90 Å². The first-order valence-electron chi connectivity index (χ1n) is 4.64. The van der Waals surface area contributed by atoms with Gasteiger partial charge in [0.1, 0.15) is 0 Å². The van der Waals surface area contributed by atoms with Crippen LogP contribution in [0.4, 0.5) is 0 Å². The van der Waals surface area contributed by atoms with Gasteiger partial charge in [-0.05, 0) is 18.8 Å². The summed E-state index contributed by atoms with van der Waals surface area (Å²) in [7, 11) is 0. The first-order chi connectivity index (χ1) is 6.18. The van der Waals surface area contributed by atoms with Crippen molar-refractivity contribution >= 4 is 27.6 Å². The molecule has 0 N–H and O–H groups in total. The molecule has 0 bridgehead atoms. The SMILES string of the molecule is O=C1CCN(CC2CC2)C(=O)[C@H]1Br. The second-order valence-corrected chi connectivity index (χ2v) is 4.72. The van der Waals surface area contributed by atoms with Crippen molar-refractivity contribution in [1.29, 1.82) is 0 Å². The molecule has 0 aromatic heterocycles. The Labute approximate surface area is 85.6 Å². The van der Waals surface area contributed by atoms with Crippen LogP contribution in [0.5, 0.6) is 0 Å². The maximum atomic E-state index is 11.6. The van der Waals surface area contributed by atoms with Crippen LogP contribution < -0.4 is 0 Å². The van der Waals surface area contributed by atoms with Gasteiger partial charge in [0.15, 0.2) is 10.6 Å². The van der Waals surface area contributed by atoms with E-state index >= 15 is 0 Å². The minimum absolute atomic E-state index is 0.0250. The average Bonchev–Trinajstić information content (AvgIpc) is 2.90. The molecule has 2 fully saturated rings. The summed E-state index contributed by atoms with van der Waals surface area (Å²) in [6.45, 7) is 1.48. The summed E-state index contributed by atoms with van der Waals surface area (Å²) in [6.07, 6.45) is 2.99. The molecule has 2 rings (SSSR count). The Balaban J connectivity index is 1.96. The Hall–Kier alpha value is -0.380. The van der Waals surface area contributed by atoms with Gasteiger partial charge in [0.2, 0.25) is 5.91 Å². The van der Waals surface area contributed by atoms with Crippen molar-refractivity contribution < 1.29 is 9.59 Å². The zero-order valence-electron chi connectivity index (χ0n) is 7.33. The van der Waals surface area contributed by atoms with Crippen molar-refractivity contribution in [2.45, 2.75) is 24.1 Å².